The fourth-order valence-corrected chi connectivity index (χ4v) is 3.52. The highest BCUT2D eigenvalue weighted by molar-refractivity contribution is 5.79. The number of rotatable bonds is 7. The maximum atomic E-state index is 4.84. The molecule has 3 rings (SSSR count). The van der Waals surface area contributed by atoms with Crippen LogP contribution in [0.1, 0.15) is 50.8 Å². The number of aryl methyl sites for hydroxylation is 1. The second-order valence-electron chi connectivity index (χ2n) is 7.23. The third-order valence-electron chi connectivity index (χ3n) is 5.48. The van der Waals surface area contributed by atoms with Crippen LogP contribution in [0.15, 0.2) is 29.5 Å². The van der Waals surface area contributed by atoms with Crippen molar-refractivity contribution in [3.63, 3.8) is 0 Å². The average Bonchev–Trinajstić information content (AvgIpc) is 2.98. The van der Waals surface area contributed by atoms with Crippen molar-refractivity contribution >= 4 is 11.6 Å². The van der Waals surface area contributed by atoms with Crippen LogP contribution in [-0.4, -0.2) is 35.0 Å². The molecule has 0 aromatic carbocycles. The lowest BCUT2D eigenvalue weighted by Crippen LogP contribution is -2.40. The molecule has 0 atom stereocenters. The van der Waals surface area contributed by atoms with E-state index in [0.717, 1.165) is 43.4 Å². The molecule has 5 heteroatoms. The van der Waals surface area contributed by atoms with Gasteiger partial charge in [-0.3, -0.25) is 4.99 Å². The van der Waals surface area contributed by atoms with Crippen molar-refractivity contribution in [3.05, 3.63) is 35.8 Å². The van der Waals surface area contributed by atoms with Crippen LogP contribution in [0.5, 0.6) is 0 Å². The Morgan fingerprint density at radius 2 is 2.16 bits per heavy atom. The number of nitrogens with zero attached hydrogens (tertiary/aromatic N) is 3. The van der Waals surface area contributed by atoms with E-state index in [1.807, 2.05) is 0 Å². The highest BCUT2D eigenvalue weighted by Gasteiger charge is 2.34. The van der Waals surface area contributed by atoms with Gasteiger partial charge in [0.15, 0.2) is 5.96 Å². The first-order chi connectivity index (χ1) is 12.2. The van der Waals surface area contributed by atoms with Crippen LogP contribution in [0.3, 0.4) is 0 Å². The summed E-state index contributed by atoms with van der Waals surface area (Å²) in [7, 11) is 0. The van der Waals surface area contributed by atoms with E-state index in [4.69, 9.17) is 9.98 Å². The number of nitrogens with one attached hydrogen (secondary N) is 2. The number of hydrogen-bond donors (Lipinski definition) is 2. The summed E-state index contributed by atoms with van der Waals surface area (Å²) in [4.78, 5) is 9.57. The molecule has 2 heterocycles. The standard InChI is InChI=1S/C20H31N5/c1-4-20(10-7-11-20)15-23-19(21-5-2)22-12-9-17-14-25-13-6-8-16(3)18(25)24-17/h6,8,13-14H,4-5,7,9-12,15H2,1-3H3,(H2,21,22,23). The number of aliphatic imine (C=N–C) groups is 1. The van der Waals surface area contributed by atoms with Gasteiger partial charge >= 0.3 is 0 Å². The Bertz CT molecular complexity index is 721. The monoisotopic (exact) mass is 341 g/mol. The molecule has 136 valence electrons. The van der Waals surface area contributed by atoms with Crippen LogP contribution >= 0.6 is 0 Å². The summed E-state index contributed by atoms with van der Waals surface area (Å²) in [5.41, 5.74) is 3.83. The van der Waals surface area contributed by atoms with Crippen molar-refractivity contribution in [1.82, 2.24) is 20.0 Å². The molecule has 1 saturated carbocycles. The smallest absolute Gasteiger partial charge is 0.191 e. The number of guanidine groups is 1. The highest BCUT2D eigenvalue weighted by Crippen LogP contribution is 2.43. The van der Waals surface area contributed by atoms with E-state index >= 15 is 0 Å². The fraction of sp³-hybridized carbons (Fsp3) is 0.600. The van der Waals surface area contributed by atoms with Crippen LogP contribution in [0.4, 0.5) is 0 Å². The third-order valence-corrected chi connectivity index (χ3v) is 5.48. The molecule has 0 aliphatic heterocycles. The predicted molar refractivity (Wildman–Crippen MR) is 104 cm³/mol. The zero-order valence-electron chi connectivity index (χ0n) is 15.8. The summed E-state index contributed by atoms with van der Waals surface area (Å²) in [6, 6.07) is 4.16. The zero-order chi connectivity index (χ0) is 17.7. The lowest BCUT2D eigenvalue weighted by molar-refractivity contribution is 0.139. The molecule has 0 unspecified atom stereocenters. The Morgan fingerprint density at radius 1 is 1.32 bits per heavy atom. The first-order valence-corrected chi connectivity index (χ1v) is 9.61. The lowest BCUT2D eigenvalue weighted by Gasteiger charge is -2.40. The first kappa shape index (κ1) is 17.8. The van der Waals surface area contributed by atoms with Gasteiger partial charge in [0.1, 0.15) is 5.65 Å². The van der Waals surface area contributed by atoms with Gasteiger partial charge in [0.05, 0.1) is 5.69 Å². The topological polar surface area (TPSA) is 53.7 Å². The molecule has 5 nitrogen and oxygen atoms in total. The zero-order valence-corrected chi connectivity index (χ0v) is 15.8. The molecule has 0 amide bonds. The average molecular weight is 342 g/mol. The first-order valence-electron chi connectivity index (χ1n) is 9.61. The van der Waals surface area contributed by atoms with E-state index in [-0.39, 0.29) is 0 Å². The van der Waals surface area contributed by atoms with Crippen molar-refractivity contribution in [2.45, 2.75) is 52.9 Å². The fourth-order valence-electron chi connectivity index (χ4n) is 3.52. The molecule has 1 fully saturated rings. The number of imidazole rings is 1. The maximum absolute atomic E-state index is 4.84. The van der Waals surface area contributed by atoms with Gasteiger partial charge in [0.25, 0.3) is 0 Å². The van der Waals surface area contributed by atoms with Gasteiger partial charge in [-0.2, -0.15) is 0 Å². The summed E-state index contributed by atoms with van der Waals surface area (Å²) in [6.45, 7) is 9.17. The maximum Gasteiger partial charge on any atom is 0.191 e. The normalized spacial score (nSPS) is 16.7. The van der Waals surface area contributed by atoms with Gasteiger partial charge in [0, 0.05) is 38.4 Å². The van der Waals surface area contributed by atoms with Gasteiger partial charge < -0.3 is 15.0 Å². The number of fused-ring (bicyclic) bond motifs is 1. The second-order valence-corrected chi connectivity index (χ2v) is 7.23. The second kappa shape index (κ2) is 7.89. The largest absolute Gasteiger partial charge is 0.357 e. The Balaban J connectivity index is 1.56. The van der Waals surface area contributed by atoms with Crippen molar-refractivity contribution in [2.24, 2.45) is 10.4 Å². The van der Waals surface area contributed by atoms with E-state index in [0.29, 0.717) is 5.41 Å². The molecule has 0 bridgehead atoms. The third kappa shape index (κ3) is 4.14. The Morgan fingerprint density at radius 3 is 2.80 bits per heavy atom. The van der Waals surface area contributed by atoms with Gasteiger partial charge in [-0.05, 0) is 50.2 Å². The van der Waals surface area contributed by atoms with E-state index in [9.17, 15) is 0 Å². The van der Waals surface area contributed by atoms with E-state index in [1.54, 1.807) is 0 Å². The molecule has 1 aliphatic rings. The van der Waals surface area contributed by atoms with Crippen molar-refractivity contribution in [2.75, 3.05) is 19.6 Å². The summed E-state index contributed by atoms with van der Waals surface area (Å²) in [5, 5.41) is 6.83. The summed E-state index contributed by atoms with van der Waals surface area (Å²) >= 11 is 0. The molecule has 0 spiro atoms. The van der Waals surface area contributed by atoms with Gasteiger partial charge in [-0.15, -0.1) is 0 Å². The van der Waals surface area contributed by atoms with Gasteiger partial charge in [-0.25, -0.2) is 4.98 Å². The Labute approximate surface area is 151 Å². The molecular weight excluding hydrogens is 310 g/mol. The molecule has 1 aliphatic carbocycles. The van der Waals surface area contributed by atoms with Crippen LogP contribution in [0.2, 0.25) is 0 Å². The lowest BCUT2D eigenvalue weighted by atomic mass is 9.67. The number of pyridine rings is 1. The van der Waals surface area contributed by atoms with Crippen LogP contribution in [0, 0.1) is 12.3 Å². The quantitative estimate of drug-likeness (QED) is 0.600. The van der Waals surface area contributed by atoms with Gasteiger partial charge in [-0.1, -0.05) is 19.4 Å². The summed E-state index contributed by atoms with van der Waals surface area (Å²) in [6.07, 6.45) is 10.3. The number of aromatic nitrogens is 2. The minimum absolute atomic E-state index is 0.460. The summed E-state index contributed by atoms with van der Waals surface area (Å²) in [5.74, 6) is 0.933. The Hall–Kier alpha value is -2.04. The Kier molecular flexibility index (Phi) is 5.61. The van der Waals surface area contributed by atoms with E-state index in [1.165, 1.54) is 31.2 Å². The molecule has 0 saturated heterocycles. The highest BCUT2D eigenvalue weighted by atomic mass is 15.2. The van der Waals surface area contributed by atoms with Crippen LogP contribution < -0.4 is 10.6 Å². The molecule has 25 heavy (non-hydrogen) atoms. The summed E-state index contributed by atoms with van der Waals surface area (Å²) < 4.78 is 2.10. The molecule has 2 aromatic heterocycles. The predicted octanol–water partition coefficient (Wildman–Crippen LogP) is 3.32. The number of hydrogen-bond acceptors (Lipinski definition) is 2. The molecular formula is C20H31N5. The van der Waals surface area contributed by atoms with Crippen LogP contribution in [0.25, 0.3) is 5.65 Å². The molecule has 2 aromatic rings. The van der Waals surface area contributed by atoms with Crippen molar-refractivity contribution in [3.8, 4) is 0 Å². The minimum Gasteiger partial charge on any atom is -0.357 e. The van der Waals surface area contributed by atoms with E-state index in [2.05, 4.69) is 60.3 Å². The minimum atomic E-state index is 0.460. The molecule has 2 N–H and O–H groups in total. The van der Waals surface area contributed by atoms with Crippen molar-refractivity contribution < 1.29 is 0 Å². The van der Waals surface area contributed by atoms with E-state index < -0.39 is 0 Å². The van der Waals surface area contributed by atoms with Crippen molar-refractivity contribution in [1.29, 1.82) is 0 Å². The SMILES string of the molecule is CCNC(=NCC1(CC)CCC1)NCCc1cn2cccc(C)c2n1. The van der Waals surface area contributed by atoms with Crippen LogP contribution in [-0.2, 0) is 6.42 Å². The molecule has 0 radical (unpaired) electrons. The van der Waals surface area contributed by atoms with Gasteiger partial charge in [0.2, 0.25) is 0 Å².